The molecule has 2 heterocycles. The number of piperazine rings is 1. The summed E-state index contributed by atoms with van der Waals surface area (Å²) in [4.78, 5) is 40.3. The summed E-state index contributed by atoms with van der Waals surface area (Å²) in [6.07, 6.45) is 1.36. The number of nitrogens with one attached hydrogen (secondary N) is 2. The van der Waals surface area contributed by atoms with Crippen LogP contribution in [0.5, 0.6) is 0 Å². The van der Waals surface area contributed by atoms with Crippen molar-refractivity contribution < 1.29 is 27.6 Å². The largest absolute Gasteiger partial charge is 0.459 e. The van der Waals surface area contributed by atoms with Crippen molar-refractivity contribution in [2.75, 3.05) is 39.3 Å². The Morgan fingerprint density at radius 2 is 1.39 bits per heavy atom. The molecule has 1 aliphatic rings. The average molecular weight is 497 g/mol. The Morgan fingerprint density at radius 3 is 1.92 bits per heavy atom. The molecule has 0 aliphatic carbocycles. The van der Waals surface area contributed by atoms with Crippen LogP contribution in [0.1, 0.15) is 27.7 Å². The lowest BCUT2D eigenvalue weighted by Crippen LogP contribution is -2.52. The first kappa shape index (κ1) is 25.1. The van der Waals surface area contributed by atoms with Gasteiger partial charge in [0.1, 0.15) is 11.6 Å². The van der Waals surface area contributed by atoms with Gasteiger partial charge in [-0.3, -0.25) is 19.3 Å². The molecule has 3 aromatic rings. The Bertz CT molecular complexity index is 1130. The molecule has 1 saturated heterocycles. The molecule has 1 aliphatic heterocycles. The van der Waals surface area contributed by atoms with Crippen LogP contribution < -0.4 is 10.6 Å². The van der Waals surface area contributed by atoms with Gasteiger partial charge < -0.3 is 20.0 Å². The summed E-state index contributed by atoms with van der Waals surface area (Å²) >= 11 is 0. The lowest BCUT2D eigenvalue weighted by Gasteiger charge is -2.39. The summed E-state index contributed by atoms with van der Waals surface area (Å²) in [5, 5.41) is 4.94. The minimum Gasteiger partial charge on any atom is -0.459 e. The van der Waals surface area contributed by atoms with E-state index in [9.17, 15) is 23.2 Å². The van der Waals surface area contributed by atoms with Crippen molar-refractivity contribution in [2.24, 2.45) is 0 Å². The van der Waals surface area contributed by atoms with Gasteiger partial charge in [0, 0.05) is 26.2 Å². The van der Waals surface area contributed by atoms with Crippen LogP contribution in [0.25, 0.3) is 0 Å². The molecule has 2 N–H and O–H groups in total. The maximum Gasteiger partial charge on any atom is 0.287 e. The molecule has 0 spiro atoms. The molecule has 0 bridgehead atoms. The fraction of sp³-hybridized carbons (Fsp3) is 0.269. The van der Waals surface area contributed by atoms with E-state index in [1.54, 1.807) is 35.2 Å². The Morgan fingerprint density at radius 1 is 0.806 bits per heavy atom. The predicted octanol–water partition coefficient (Wildman–Crippen LogP) is 2.34. The van der Waals surface area contributed by atoms with Gasteiger partial charge in [0.25, 0.3) is 5.91 Å². The van der Waals surface area contributed by atoms with Crippen molar-refractivity contribution >= 4 is 17.7 Å². The fourth-order valence-electron chi connectivity index (χ4n) is 4.14. The third-order valence-corrected chi connectivity index (χ3v) is 5.99. The highest BCUT2D eigenvalue weighted by molar-refractivity contribution is 5.94. The van der Waals surface area contributed by atoms with Crippen LogP contribution in [-0.4, -0.2) is 66.8 Å². The molecule has 1 fully saturated rings. The number of nitrogens with zero attached hydrogens (tertiary/aromatic N) is 2. The van der Waals surface area contributed by atoms with Crippen molar-refractivity contribution in [3.8, 4) is 0 Å². The van der Waals surface area contributed by atoms with Gasteiger partial charge in [-0.25, -0.2) is 8.78 Å². The van der Waals surface area contributed by atoms with E-state index < -0.39 is 11.8 Å². The van der Waals surface area contributed by atoms with E-state index in [0.29, 0.717) is 26.2 Å². The number of benzene rings is 2. The molecule has 0 atom stereocenters. The normalized spacial score (nSPS) is 14.0. The number of carbonyl (C=O) groups excluding carboxylic acids is 3. The number of amides is 3. The second-order valence-corrected chi connectivity index (χ2v) is 8.36. The third-order valence-electron chi connectivity index (χ3n) is 5.99. The Hall–Kier alpha value is -4.05. The summed E-state index contributed by atoms with van der Waals surface area (Å²) in [6.45, 7) is 1.48. The Balaban J connectivity index is 1.29. The Kier molecular flexibility index (Phi) is 8.06. The topological polar surface area (TPSA) is 94.9 Å². The molecule has 36 heavy (non-hydrogen) atoms. The summed E-state index contributed by atoms with van der Waals surface area (Å²) in [7, 11) is 0. The molecular weight excluding hydrogens is 470 g/mol. The van der Waals surface area contributed by atoms with Crippen LogP contribution in [0.4, 0.5) is 8.78 Å². The van der Waals surface area contributed by atoms with Gasteiger partial charge in [-0.05, 0) is 47.5 Å². The predicted molar refractivity (Wildman–Crippen MR) is 127 cm³/mol. The minimum absolute atomic E-state index is 0.0938. The lowest BCUT2D eigenvalue weighted by molar-refractivity contribution is -0.134. The molecular formula is C26H26F2N4O4. The standard InChI is InChI=1S/C26H26F2N4O4/c27-20-7-3-18(4-8-20)25(19-5-9-21(28)10-6-19)32-13-11-31(12-14-32)24(34)17-29-23(33)16-30-26(35)22-2-1-15-36-22/h1-10,15,25H,11-14,16-17H2,(H,29,33)(H,30,35). The number of carbonyl (C=O) groups is 3. The molecule has 2 aromatic carbocycles. The second-order valence-electron chi connectivity index (χ2n) is 8.36. The first-order valence-corrected chi connectivity index (χ1v) is 11.5. The van der Waals surface area contributed by atoms with Gasteiger partial charge >= 0.3 is 0 Å². The van der Waals surface area contributed by atoms with Crippen LogP contribution in [-0.2, 0) is 9.59 Å². The zero-order valence-corrected chi connectivity index (χ0v) is 19.5. The van der Waals surface area contributed by atoms with Gasteiger partial charge in [0.15, 0.2) is 5.76 Å². The van der Waals surface area contributed by atoms with Crippen molar-refractivity contribution in [1.29, 1.82) is 0 Å². The fourth-order valence-corrected chi connectivity index (χ4v) is 4.14. The lowest BCUT2D eigenvalue weighted by atomic mass is 9.96. The molecule has 1 aromatic heterocycles. The van der Waals surface area contributed by atoms with Gasteiger partial charge in [0.05, 0.1) is 25.4 Å². The summed E-state index contributed by atoms with van der Waals surface area (Å²) in [5.74, 6) is -1.83. The van der Waals surface area contributed by atoms with Crippen LogP contribution >= 0.6 is 0 Å². The van der Waals surface area contributed by atoms with Crippen LogP contribution in [0, 0.1) is 11.6 Å². The SMILES string of the molecule is O=C(CNC(=O)c1ccco1)NCC(=O)N1CCN(C(c2ccc(F)cc2)c2ccc(F)cc2)CC1. The van der Waals surface area contributed by atoms with Gasteiger partial charge in [0.2, 0.25) is 11.8 Å². The number of hydrogen-bond acceptors (Lipinski definition) is 5. The highest BCUT2D eigenvalue weighted by Crippen LogP contribution is 2.30. The van der Waals surface area contributed by atoms with Crippen molar-refractivity contribution in [1.82, 2.24) is 20.4 Å². The highest BCUT2D eigenvalue weighted by atomic mass is 19.1. The molecule has 8 nitrogen and oxygen atoms in total. The first-order chi connectivity index (χ1) is 17.4. The van der Waals surface area contributed by atoms with Crippen LogP contribution in [0.3, 0.4) is 0 Å². The summed E-state index contributed by atoms with van der Waals surface area (Å²) in [6, 6.07) is 15.2. The molecule has 4 rings (SSSR count). The first-order valence-electron chi connectivity index (χ1n) is 11.5. The van der Waals surface area contributed by atoms with Crippen molar-refractivity contribution in [3.63, 3.8) is 0 Å². The number of hydrogen-bond donors (Lipinski definition) is 2. The van der Waals surface area contributed by atoms with E-state index >= 15 is 0 Å². The maximum atomic E-state index is 13.5. The molecule has 0 unspecified atom stereocenters. The second kappa shape index (κ2) is 11.6. The van der Waals surface area contributed by atoms with E-state index in [4.69, 9.17) is 4.42 Å². The molecule has 188 valence electrons. The minimum atomic E-state index is -0.519. The Labute approximate surface area is 206 Å². The zero-order chi connectivity index (χ0) is 25.5. The monoisotopic (exact) mass is 496 g/mol. The maximum absolute atomic E-state index is 13.5. The van der Waals surface area contributed by atoms with E-state index in [-0.39, 0.29) is 42.4 Å². The van der Waals surface area contributed by atoms with Crippen LogP contribution in [0.2, 0.25) is 0 Å². The van der Waals surface area contributed by atoms with Gasteiger partial charge in [-0.15, -0.1) is 0 Å². The van der Waals surface area contributed by atoms with E-state index in [1.165, 1.54) is 36.6 Å². The van der Waals surface area contributed by atoms with E-state index in [1.807, 2.05) is 0 Å². The van der Waals surface area contributed by atoms with Gasteiger partial charge in [-0.1, -0.05) is 24.3 Å². The van der Waals surface area contributed by atoms with Crippen molar-refractivity contribution in [2.45, 2.75) is 6.04 Å². The third kappa shape index (κ3) is 6.33. The highest BCUT2D eigenvalue weighted by Gasteiger charge is 2.28. The average Bonchev–Trinajstić information content (AvgIpc) is 3.44. The van der Waals surface area contributed by atoms with Crippen LogP contribution in [0.15, 0.2) is 71.3 Å². The zero-order valence-electron chi connectivity index (χ0n) is 19.5. The smallest absolute Gasteiger partial charge is 0.287 e. The van der Waals surface area contributed by atoms with Gasteiger partial charge in [-0.2, -0.15) is 0 Å². The van der Waals surface area contributed by atoms with E-state index in [0.717, 1.165) is 11.1 Å². The summed E-state index contributed by atoms with van der Waals surface area (Å²) in [5.41, 5.74) is 1.73. The van der Waals surface area contributed by atoms with E-state index in [2.05, 4.69) is 15.5 Å². The molecule has 0 radical (unpaired) electrons. The molecule has 10 heteroatoms. The number of furan rings is 1. The molecule has 0 saturated carbocycles. The summed E-state index contributed by atoms with van der Waals surface area (Å²) < 4.78 is 32.0. The number of rotatable bonds is 8. The number of halogens is 2. The quantitative estimate of drug-likeness (QED) is 0.499. The molecule has 3 amide bonds. The van der Waals surface area contributed by atoms with Crippen molar-refractivity contribution in [3.05, 3.63) is 95.4 Å².